The summed E-state index contributed by atoms with van der Waals surface area (Å²) in [4.78, 5) is 47.3. The first kappa shape index (κ1) is 38.3. The van der Waals surface area contributed by atoms with E-state index < -0.39 is 11.5 Å². The minimum atomic E-state index is -0.705. The van der Waals surface area contributed by atoms with Crippen LogP contribution in [0.3, 0.4) is 0 Å². The van der Waals surface area contributed by atoms with Crippen molar-refractivity contribution in [2.45, 2.75) is 109 Å². The lowest BCUT2D eigenvalue weighted by atomic mass is 9.59. The monoisotopic (exact) mass is 700 g/mol. The maximum atomic E-state index is 14.1. The number of piperidine rings is 1. The van der Waals surface area contributed by atoms with Gasteiger partial charge < -0.3 is 26.8 Å². The normalized spacial score (nSPS) is 26.2. The van der Waals surface area contributed by atoms with Crippen LogP contribution in [0.4, 0.5) is 0 Å². The number of nitrogens with two attached hydrogens (primary N) is 1. The van der Waals surface area contributed by atoms with E-state index in [9.17, 15) is 19.5 Å². The second kappa shape index (κ2) is 16.6. The number of carbonyl (C=O) groups is 3. The zero-order valence-electron chi connectivity index (χ0n) is 31.3. The smallest absolute Gasteiger partial charge is 0.242 e. The Kier molecular flexibility index (Phi) is 12.5. The molecule has 0 aromatic heterocycles. The molecule has 1 heterocycles. The molecule has 6 N–H and O–H groups in total. The Morgan fingerprint density at radius 2 is 1.86 bits per heavy atom. The first-order valence-corrected chi connectivity index (χ1v) is 19.1. The van der Waals surface area contributed by atoms with E-state index in [4.69, 9.17) is 5.73 Å². The number of amides is 3. The highest BCUT2D eigenvalue weighted by atomic mass is 16.3. The Balaban J connectivity index is 1.18. The van der Waals surface area contributed by atoms with Gasteiger partial charge in [0.2, 0.25) is 17.7 Å². The maximum Gasteiger partial charge on any atom is 0.242 e. The first-order chi connectivity index (χ1) is 24.4. The number of aliphatic imine (C=N–C) groups is 1. The lowest BCUT2D eigenvalue weighted by Crippen LogP contribution is -2.58. The van der Waals surface area contributed by atoms with Gasteiger partial charge >= 0.3 is 0 Å². The van der Waals surface area contributed by atoms with Gasteiger partial charge in [0.15, 0.2) is 0 Å². The molecule has 6 atom stereocenters. The number of phenolic OH excluding ortho intramolecular Hbond substituents is 1. The number of hydrogen-bond donors (Lipinski definition) is 5. The summed E-state index contributed by atoms with van der Waals surface area (Å²) in [5.74, 6) is 0.991. The molecule has 0 spiro atoms. The summed E-state index contributed by atoms with van der Waals surface area (Å²) in [7, 11) is 0. The number of hydrogen-bond acceptors (Lipinski definition) is 6. The molecule has 3 amide bonds. The zero-order chi connectivity index (χ0) is 36.8. The van der Waals surface area contributed by atoms with Crippen LogP contribution in [-0.4, -0.2) is 78.4 Å². The van der Waals surface area contributed by atoms with Crippen molar-refractivity contribution in [1.82, 2.24) is 20.9 Å². The van der Waals surface area contributed by atoms with Gasteiger partial charge in [-0.15, -0.1) is 0 Å². The zero-order valence-corrected chi connectivity index (χ0v) is 31.3. The number of aromatic hydroxyl groups is 1. The number of phenols is 1. The van der Waals surface area contributed by atoms with E-state index in [0.717, 1.165) is 63.6 Å². The van der Waals surface area contributed by atoms with Crippen molar-refractivity contribution in [1.29, 1.82) is 0 Å². The van der Waals surface area contributed by atoms with Gasteiger partial charge in [-0.3, -0.25) is 24.3 Å². The van der Waals surface area contributed by atoms with Gasteiger partial charge in [0.1, 0.15) is 11.8 Å². The Hall–Kier alpha value is -3.92. The maximum absolute atomic E-state index is 14.1. The molecule has 0 unspecified atom stereocenters. The fraction of sp³-hybridized carbons (Fsp3) is 0.610. The van der Waals surface area contributed by atoms with Crippen molar-refractivity contribution in [2.24, 2.45) is 28.5 Å². The molecular weight excluding hydrogens is 640 g/mol. The molecule has 2 aromatic rings. The highest BCUT2D eigenvalue weighted by Gasteiger charge is 2.62. The molecule has 10 nitrogen and oxygen atoms in total. The molecule has 51 heavy (non-hydrogen) atoms. The molecular formula is C41H60N6O4. The highest BCUT2D eigenvalue weighted by molar-refractivity contribution is 5.95. The van der Waals surface area contributed by atoms with Crippen LogP contribution in [0.5, 0.6) is 5.75 Å². The number of amidine groups is 1. The van der Waals surface area contributed by atoms with Crippen LogP contribution in [0, 0.1) is 17.8 Å². The quantitative estimate of drug-likeness (QED) is 0.0928. The predicted molar refractivity (Wildman–Crippen MR) is 203 cm³/mol. The highest BCUT2D eigenvalue weighted by Crippen LogP contribution is 2.56. The van der Waals surface area contributed by atoms with E-state index in [2.05, 4.69) is 52.7 Å². The molecule has 2 aliphatic carbocycles. The summed E-state index contributed by atoms with van der Waals surface area (Å²) in [6, 6.07) is 15.4. The Bertz CT molecular complexity index is 1560. The summed E-state index contributed by atoms with van der Waals surface area (Å²) in [6.07, 6.45) is 6.49. The standard InChI is InChI=1S/C41H60N6O4/c1-6-12-36(42)43-18-10-11-19-44-38(50)34(21-27(2)3)46-37(49)25-45-39(51)41(30-13-8-7-9-14-30)24-31(41)26-47-20-17-40(5)28(4)35(47)22-29-15-16-32(48)23-33(29)40/h7-9,13-16,23,27-28,31,34-35,48H,6,10-12,17-22,24-26H2,1-5H3,(H2,42,43)(H,44,50)(H,45,51)(H,46,49)/t28-,31-,34+,35+,40+,41+/m0/s1. The molecule has 1 saturated carbocycles. The van der Waals surface area contributed by atoms with Crippen LogP contribution in [0.2, 0.25) is 0 Å². The summed E-state index contributed by atoms with van der Waals surface area (Å²) in [6.45, 7) is 13.5. The molecule has 5 rings (SSSR count). The number of nitrogens with zero attached hydrogens (tertiary/aromatic N) is 2. The molecule has 2 aromatic carbocycles. The van der Waals surface area contributed by atoms with Crippen LogP contribution in [0.25, 0.3) is 0 Å². The van der Waals surface area contributed by atoms with E-state index in [-0.39, 0.29) is 41.5 Å². The Morgan fingerprint density at radius 1 is 1.10 bits per heavy atom. The second-order valence-corrected chi connectivity index (χ2v) is 15.9. The van der Waals surface area contributed by atoms with Crippen molar-refractivity contribution in [2.75, 3.05) is 32.7 Å². The van der Waals surface area contributed by atoms with E-state index in [0.29, 0.717) is 43.1 Å². The summed E-state index contributed by atoms with van der Waals surface area (Å²) < 4.78 is 0. The summed E-state index contributed by atoms with van der Waals surface area (Å²) >= 11 is 0. The minimum absolute atomic E-state index is 0.000620. The molecule has 278 valence electrons. The van der Waals surface area contributed by atoms with Gasteiger partial charge in [-0.2, -0.15) is 0 Å². The Labute approximate surface area is 304 Å². The molecule has 3 aliphatic rings. The van der Waals surface area contributed by atoms with E-state index in [1.165, 1.54) is 11.1 Å². The lowest BCUT2D eigenvalue weighted by Gasteiger charge is -2.55. The SMILES string of the molecule is CCCC(N)=NCCCCNC(=O)[C@@H](CC(C)C)NC(=O)CNC(=O)[C@@]1(c2ccccc2)C[C@H]1CN1CC[C@@]2(C)c3cc(O)ccc3C[C@@H]1[C@@H]2C. The van der Waals surface area contributed by atoms with Gasteiger partial charge in [-0.1, -0.05) is 71.0 Å². The van der Waals surface area contributed by atoms with Gasteiger partial charge in [-0.25, -0.2) is 0 Å². The number of fused-ring (bicyclic) bond motifs is 4. The van der Waals surface area contributed by atoms with Crippen LogP contribution in [-0.2, 0) is 31.6 Å². The average Bonchev–Trinajstić information content (AvgIpc) is 3.83. The number of benzene rings is 2. The number of nitrogens with one attached hydrogen (secondary N) is 3. The fourth-order valence-corrected chi connectivity index (χ4v) is 8.65. The van der Waals surface area contributed by atoms with Crippen LogP contribution < -0.4 is 21.7 Å². The number of unbranched alkanes of at least 4 members (excludes halogenated alkanes) is 1. The van der Waals surface area contributed by atoms with Crippen molar-refractivity contribution in [3.05, 3.63) is 65.2 Å². The minimum Gasteiger partial charge on any atom is -0.508 e. The molecule has 1 aliphatic heterocycles. The van der Waals surface area contributed by atoms with Crippen LogP contribution in [0.1, 0.15) is 96.3 Å². The lowest BCUT2D eigenvalue weighted by molar-refractivity contribution is -0.130. The fourth-order valence-electron chi connectivity index (χ4n) is 8.65. The van der Waals surface area contributed by atoms with Crippen LogP contribution >= 0.6 is 0 Å². The van der Waals surface area contributed by atoms with Gasteiger partial charge in [0.05, 0.1) is 17.8 Å². The van der Waals surface area contributed by atoms with Gasteiger partial charge in [0, 0.05) is 32.1 Å². The molecule has 0 radical (unpaired) electrons. The predicted octanol–water partition coefficient (Wildman–Crippen LogP) is 4.58. The summed E-state index contributed by atoms with van der Waals surface area (Å²) in [5.41, 5.74) is 8.72. The van der Waals surface area contributed by atoms with E-state index in [1.54, 1.807) is 6.07 Å². The van der Waals surface area contributed by atoms with Crippen molar-refractivity contribution >= 4 is 23.6 Å². The average molecular weight is 701 g/mol. The Morgan fingerprint density at radius 3 is 2.59 bits per heavy atom. The van der Waals surface area contributed by atoms with E-state index >= 15 is 0 Å². The topological polar surface area (TPSA) is 149 Å². The molecule has 1 saturated heterocycles. The number of carbonyl (C=O) groups excluding carboxylic acids is 3. The number of rotatable bonds is 17. The van der Waals surface area contributed by atoms with Crippen molar-refractivity contribution in [3.8, 4) is 5.75 Å². The third-order valence-electron chi connectivity index (χ3n) is 11.8. The van der Waals surface area contributed by atoms with Gasteiger partial charge in [-0.05, 0) is 103 Å². The largest absolute Gasteiger partial charge is 0.508 e. The van der Waals surface area contributed by atoms with Crippen LogP contribution in [0.15, 0.2) is 53.5 Å². The third-order valence-corrected chi connectivity index (χ3v) is 11.8. The first-order valence-electron chi connectivity index (χ1n) is 19.1. The van der Waals surface area contributed by atoms with Gasteiger partial charge in [0.25, 0.3) is 0 Å². The third kappa shape index (κ3) is 8.76. The van der Waals surface area contributed by atoms with Crippen molar-refractivity contribution in [3.63, 3.8) is 0 Å². The molecule has 10 heteroatoms. The molecule has 2 fully saturated rings. The van der Waals surface area contributed by atoms with Crippen molar-refractivity contribution < 1.29 is 19.5 Å². The molecule has 2 bridgehead atoms. The van der Waals surface area contributed by atoms with E-state index in [1.807, 2.05) is 50.2 Å². The second-order valence-electron chi connectivity index (χ2n) is 15.9. The number of likely N-dealkylation sites (tertiary alicyclic amines) is 1. The summed E-state index contributed by atoms with van der Waals surface area (Å²) in [5, 5.41) is 19.1.